The lowest BCUT2D eigenvalue weighted by molar-refractivity contribution is -0.116. The van der Waals surface area contributed by atoms with Gasteiger partial charge in [-0.05, 0) is 24.3 Å². The number of thiazole rings is 1. The van der Waals surface area contributed by atoms with Crippen LogP contribution in [0.5, 0.6) is 0 Å². The first-order valence-electron chi connectivity index (χ1n) is 9.70. The predicted octanol–water partition coefficient (Wildman–Crippen LogP) is 4.58. The Morgan fingerprint density at radius 1 is 1.03 bits per heavy atom. The molecule has 0 spiro atoms. The van der Waals surface area contributed by atoms with Gasteiger partial charge in [0.05, 0.1) is 17.7 Å². The zero-order valence-corrected chi connectivity index (χ0v) is 18.2. The predicted molar refractivity (Wildman–Crippen MR) is 126 cm³/mol. The second-order valence-electron chi connectivity index (χ2n) is 7.09. The van der Waals surface area contributed by atoms with Gasteiger partial charge in [-0.15, -0.1) is 11.3 Å². The first-order valence-corrected chi connectivity index (χ1v) is 11.0. The van der Waals surface area contributed by atoms with Crippen LogP contribution in [-0.2, 0) is 11.3 Å². The summed E-state index contributed by atoms with van der Waals surface area (Å²) >= 11 is 7.47. The molecule has 0 aliphatic carbocycles. The van der Waals surface area contributed by atoms with Crippen LogP contribution in [0.2, 0.25) is 5.02 Å². The minimum absolute atomic E-state index is 0.133. The van der Waals surface area contributed by atoms with Gasteiger partial charge in [0, 0.05) is 45.7 Å². The van der Waals surface area contributed by atoms with E-state index in [-0.39, 0.29) is 18.0 Å². The lowest BCUT2D eigenvalue weighted by atomic mass is 10.1. The van der Waals surface area contributed by atoms with E-state index in [0.29, 0.717) is 16.4 Å². The topological polar surface area (TPSA) is 81.3 Å². The van der Waals surface area contributed by atoms with Crippen LogP contribution in [0.15, 0.2) is 83.5 Å². The molecule has 0 aliphatic rings. The van der Waals surface area contributed by atoms with Crippen molar-refractivity contribution in [2.45, 2.75) is 6.54 Å². The Morgan fingerprint density at radius 2 is 1.75 bits per heavy atom. The van der Waals surface area contributed by atoms with E-state index in [4.69, 9.17) is 11.6 Å². The summed E-state index contributed by atoms with van der Waals surface area (Å²) < 4.78 is 3.24. The molecule has 5 aromatic rings. The maximum atomic E-state index is 12.4. The van der Waals surface area contributed by atoms with Gasteiger partial charge in [0.25, 0.3) is 5.56 Å². The number of benzene rings is 2. The molecule has 0 bridgehead atoms. The largest absolute Gasteiger partial charge is 0.325 e. The molecule has 9 heteroatoms. The van der Waals surface area contributed by atoms with Gasteiger partial charge in [-0.25, -0.2) is 9.97 Å². The van der Waals surface area contributed by atoms with E-state index in [1.165, 1.54) is 17.0 Å². The Hall–Kier alpha value is -3.75. The zero-order valence-electron chi connectivity index (χ0n) is 16.6. The van der Waals surface area contributed by atoms with Crippen LogP contribution in [0, 0.1) is 0 Å². The van der Waals surface area contributed by atoms with Gasteiger partial charge in [0.15, 0.2) is 4.96 Å². The van der Waals surface area contributed by atoms with Gasteiger partial charge in [-0.2, -0.15) is 0 Å². The Bertz CT molecular complexity index is 1440. The van der Waals surface area contributed by atoms with Gasteiger partial charge < -0.3 is 5.32 Å². The number of nitrogens with one attached hydrogen (secondary N) is 1. The van der Waals surface area contributed by atoms with Gasteiger partial charge in [-0.1, -0.05) is 35.9 Å². The fourth-order valence-electron chi connectivity index (χ4n) is 3.27. The second kappa shape index (κ2) is 8.41. The van der Waals surface area contributed by atoms with E-state index in [0.717, 1.165) is 21.8 Å². The molecular weight excluding hydrogens is 446 g/mol. The maximum absolute atomic E-state index is 12.4. The molecule has 0 fully saturated rings. The first kappa shape index (κ1) is 20.2. The molecule has 2 aromatic carbocycles. The van der Waals surface area contributed by atoms with Crippen LogP contribution < -0.4 is 10.9 Å². The van der Waals surface area contributed by atoms with E-state index < -0.39 is 0 Å². The van der Waals surface area contributed by atoms with E-state index in [2.05, 4.69) is 15.3 Å². The SMILES string of the molecule is O=C(Cn1cnc(-c2ccc(Cl)cc2)cc1=O)Nc1ccc(-c2cn3ccsc3n2)cc1. The second-order valence-corrected chi connectivity index (χ2v) is 8.40. The molecule has 3 heterocycles. The van der Waals surface area contributed by atoms with Crippen molar-refractivity contribution in [2.75, 3.05) is 5.32 Å². The third-order valence-electron chi connectivity index (χ3n) is 4.89. The Kier molecular flexibility index (Phi) is 5.30. The smallest absolute Gasteiger partial charge is 0.254 e. The van der Waals surface area contributed by atoms with Crippen molar-refractivity contribution in [3.8, 4) is 22.5 Å². The molecule has 7 nitrogen and oxygen atoms in total. The van der Waals surface area contributed by atoms with Gasteiger partial charge in [0.2, 0.25) is 5.91 Å². The lowest BCUT2D eigenvalue weighted by Gasteiger charge is -2.08. The highest BCUT2D eigenvalue weighted by atomic mass is 35.5. The van der Waals surface area contributed by atoms with Crippen molar-refractivity contribution < 1.29 is 4.79 Å². The number of rotatable bonds is 5. The summed E-state index contributed by atoms with van der Waals surface area (Å²) in [5, 5.41) is 5.40. The molecule has 0 unspecified atom stereocenters. The number of aromatic nitrogens is 4. The van der Waals surface area contributed by atoms with Crippen LogP contribution in [-0.4, -0.2) is 24.8 Å². The number of hydrogen-bond donors (Lipinski definition) is 1. The molecule has 158 valence electrons. The summed E-state index contributed by atoms with van der Waals surface area (Å²) in [5.74, 6) is -0.316. The summed E-state index contributed by atoms with van der Waals surface area (Å²) in [5.41, 5.74) is 3.46. The van der Waals surface area contributed by atoms with E-state index in [1.807, 2.05) is 46.4 Å². The molecule has 0 atom stereocenters. The molecule has 0 saturated carbocycles. The number of carbonyl (C=O) groups excluding carboxylic acids is 1. The van der Waals surface area contributed by atoms with E-state index in [9.17, 15) is 9.59 Å². The minimum atomic E-state index is -0.316. The quantitative estimate of drug-likeness (QED) is 0.415. The molecule has 32 heavy (non-hydrogen) atoms. The highest BCUT2D eigenvalue weighted by Gasteiger charge is 2.09. The molecule has 1 N–H and O–H groups in total. The van der Waals surface area contributed by atoms with Crippen molar-refractivity contribution in [3.05, 3.63) is 94.1 Å². The molecule has 3 aromatic heterocycles. The standard InChI is InChI=1S/C23H16ClN5O2S/c24-17-5-1-15(2-6-17)19-11-22(31)29(14-25-19)13-21(30)26-18-7-3-16(4-8-18)20-12-28-9-10-32-23(28)27-20/h1-12,14H,13H2,(H,26,30). The third-order valence-corrected chi connectivity index (χ3v) is 5.91. The average molecular weight is 462 g/mol. The van der Waals surface area contributed by atoms with Gasteiger partial charge in [0.1, 0.15) is 6.54 Å². The van der Waals surface area contributed by atoms with Crippen molar-refractivity contribution in [1.29, 1.82) is 0 Å². The summed E-state index contributed by atoms with van der Waals surface area (Å²) in [7, 11) is 0. The molecule has 0 radical (unpaired) electrons. The van der Waals surface area contributed by atoms with Crippen LogP contribution in [0.4, 0.5) is 5.69 Å². The number of anilines is 1. The van der Waals surface area contributed by atoms with E-state index in [1.54, 1.807) is 35.6 Å². The van der Waals surface area contributed by atoms with Crippen molar-refractivity contribution in [3.63, 3.8) is 0 Å². The number of hydrogen-bond acceptors (Lipinski definition) is 5. The fourth-order valence-corrected chi connectivity index (χ4v) is 4.10. The van der Waals surface area contributed by atoms with Crippen molar-refractivity contribution >= 4 is 39.5 Å². The Balaban J connectivity index is 1.25. The summed E-state index contributed by atoms with van der Waals surface area (Å²) in [4.78, 5) is 34.7. The number of imidazole rings is 1. The molecular formula is C23H16ClN5O2S. The highest BCUT2D eigenvalue weighted by molar-refractivity contribution is 7.15. The molecule has 1 amide bonds. The van der Waals surface area contributed by atoms with Gasteiger partial charge in [-0.3, -0.25) is 18.6 Å². The normalized spacial score (nSPS) is 11.0. The summed E-state index contributed by atoms with van der Waals surface area (Å²) in [6.07, 6.45) is 5.30. The van der Waals surface area contributed by atoms with Crippen molar-refractivity contribution in [2.24, 2.45) is 0 Å². The van der Waals surface area contributed by atoms with Crippen LogP contribution in [0.1, 0.15) is 0 Å². The lowest BCUT2D eigenvalue weighted by Crippen LogP contribution is -2.27. The van der Waals surface area contributed by atoms with Crippen molar-refractivity contribution in [1.82, 2.24) is 18.9 Å². The molecule has 5 rings (SSSR count). The fraction of sp³-hybridized carbons (Fsp3) is 0.0435. The minimum Gasteiger partial charge on any atom is -0.325 e. The zero-order chi connectivity index (χ0) is 22.1. The average Bonchev–Trinajstić information content (AvgIpc) is 3.39. The van der Waals surface area contributed by atoms with Gasteiger partial charge >= 0.3 is 0 Å². The van der Waals surface area contributed by atoms with E-state index >= 15 is 0 Å². The number of amides is 1. The Morgan fingerprint density at radius 3 is 2.47 bits per heavy atom. The summed E-state index contributed by atoms with van der Waals surface area (Å²) in [6.45, 7) is -0.133. The number of carbonyl (C=O) groups is 1. The first-order chi connectivity index (χ1) is 15.5. The number of nitrogens with zero attached hydrogens (tertiary/aromatic N) is 4. The van der Waals surface area contributed by atoms with Crippen LogP contribution in [0.25, 0.3) is 27.5 Å². The highest BCUT2D eigenvalue weighted by Crippen LogP contribution is 2.23. The molecule has 0 aliphatic heterocycles. The summed E-state index contributed by atoms with van der Waals surface area (Å²) in [6, 6.07) is 15.9. The number of fused-ring (bicyclic) bond motifs is 1. The molecule has 0 saturated heterocycles. The van der Waals surface area contributed by atoms with Crippen LogP contribution in [0.3, 0.4) is 0 Å². The number of halogens is 1. The Labute approximate surface area is 191 Å². The monoisotopic (exact) mass is 461 g/mol. The third kappa shape index (κ3) is 4.18. The maximum Gasteiger partial charge on any atom is 0.254 e. The van der Waals surface area contributed by atoms with Crippen LogP contribution >= 0.6 is 22.9 Å².